The van der Waals surface area contributed by atoms with Gasteiger partial charge in [-0.15, -0.1) is 11.3 Å². The number of nitrogens with zero attached hydrogens (tertiary/aromatic N) is 1. The monoisotopic (exact) mass is 282 g/mol. The standard InChI is InChI=1S/C17H18N2S/c1-3-18-12(2)16-11-19-17(20-16)15-9-8-13-6-4-5-7-14(13)10-15/h4-12,18H,3H2,1-2H3. The lowest BCUT2D eigenvalue weighted by Crippen LogP contribution is -2.16. The molecule has 0 bridgehead atoms. The second-order valence-corrected chi connectivity index (χ2v) is 5.97. The molecule has 0 aliphatic carbocycles. The molecule has 2 aromatic carbocycles. The highest BCUT2D eigenvalue weighted by Crippen LogP contribution is 2.30. The van der Waals surface area contributed by atoms with Gasteiger partial charge in [0.15, 0.2) is 0 Å². The minimum Gasteiger partial charge on any atom is -0.310 e. The molecule has 102 valence electrons. The van der Waals surface area contributed by atoms with Crippen LogP contribution in [0, 0.1) is 0 Å². The lowest BCUT2D eigenvalue weighted by Gasteiger charge is -2.08. The molecule has 0 aliphatic heterocycles. The van der Waals surface area contributed by atoms with E-state index in [9.17, 15) is 0 Å². The zero-order valence-corrected chi connectivity index (χ0v) is 12.6. The van der Waals surface area contributed by atoms with Gasteiger partial charge in [0.25, 0.3) is 0 Å². The summed E-state index contributed by atoms with van der Waals surface area (Å²) in [5.74, 6) is 0. The van der Waals surface area contributed by atoms with Crippen LogP contribution < -0.4 is 5.32 Å². The molecule has 3 rings (SSSR count). The molecule has 3 heteroatoms. The number of benzene rings is 2. The van der Waals surface area contributed by atoms with E-state index < -0.39 is 0 Å². The Hall–Kier alpha value is -1.71. The third-order valence-electron chi connectivity index (χ3n) is 3.46. The maximum absolute atomic E-state index is 4.58. The van der Waals surface area contributed by atoms with Crippen molar-refractivity contribution in [1.29, 1.82) is 0 Å². The fourth-order valence-electron chi connectivity index (χ4n) is 2.35. The van der Waals surface area contributed by atoms with E-state index >= 15 is 0 Å². The van der Waals surface area contributed by atoms with Gasteiger partial charge >= 0.3 is 0 Å². The van der Waals surface area contributed by atoms with E-state index in [2.05, 4.69) is 66.6 Å². The fourth-order valence-corrected chi connectivity index (χ4v) is 3.29. The summed E-state index contributed by atoms with van der Waals surface area (Å²) in [6, 6.07) is 15.3. The van der Waals surface area contributed by atoms with Gasteiger partial charge in [0.05, 0.1) is 0 Å². The van der Waals surface area contributed by atoms with Gasteiger partial charge in [-0.25, -0.2) is 4.98 Å². The number of thiazole rings is 1. The third-order valence-corrected chi connectivity index (χ3v) is 4.69. The average Bonchev–Trinajstić information content (AvgIpc) is 2.97. The van der Waals surface area contributed by atoms with Gasteiger partial charge in [-0.3, -0.25) is 0 Å². The normalized spacial score (nSPS) is 12.7. The quantitative estimate of drug-likeness (QED) is 0.754. The number of aromatic nitrogens is 1. The largest absolute Gasteiger partial charge is 0.310 e. The van der Waals surface area contributed by atoms with Crippen molar-refractivity contribution in [3.05, 3.63) is 53.5 Å². The van der Waals surface area contributed by atoms with Gasteiger partial charge in [0.1, 0.15) is 5.01 Å². The minimum absolute atomic E-state index is 0.367. The highest BCUT2D eigenvalue weighted by atomic mass is 32.1. The van der Waals surface area contributed by atoms with Gasteiger partial charge in [0.2, 0.25) is 0 Å². The summed E-state index contributed by atoms with van der Waals surface area (Å²) in [6.07, 6.45) is 1.99. The lowest BCUT2D eigenvalue weighted by molar-refractivity contribution is 0.606. The molecule has 0 aliphatic rings. The Labute approximate surface area is 123 Å². The van der Waals surface area contributed by atoms with Crippen molar-refractivity contribution in [2.24, 2.45) is 0 Å². The predicted octanol–water partition coefficient (Wildman–Crippen LogP) is 4.63. The van der Waals surface area contributed by atoms with E-state index in [0.717, 1.165) is 11.6 Å². The molecule has 20 heavy (non-hydrogen) atoms. The number of rotatable bonds is 4. The molecule has 0 radical (unpaired) electrons. The van der Waals surface area contributed by atoms with E-state index in [1.54, 1.807) is 11.3 Å². The molecular formula is C17H18N2S. The van der Waals surface area contributed by atoms with Gasteiger partial charge in [-0.2, -0.15) is 0 Å². The zero-order chi connectivity index (χ0) is 13.9. The highest BCUT2D eigenvalue weighted by Gasteiger charge is 2.10. The summed E-state index contributed by atoms with van der Waals surface area (Å²) in [4.78, 5) is 5.86. The summed E-state index contributed by atoms with van der Waals surface area (Å²) < 4.78 is 0. The molecule has 0 saturated carbocycles. The smallest absolute Gasteiger partial charge is 0.123 e. The van der Waals surface area contributed by atoms with E-state index in [0.29, 0.717) is 6.04 Å². The molecule has 0 amide bonds. The molecule has 0 fully saturated rings. The Balaban J connectivity index is 1.94. The molecule has 2 nitrogen and oxygen atoms in total. The van der Waals surface area contributed by atoms with Gasteiger partial charge in [-0.1, -0.05) is 43.3 Å². The van der Waals surface area contributed by atoms with Crippen LogP contribution in [0.15, 0.2) is 48.7 Å². The van der Waals surface area contributed by atoms with E-state index in [1.165, 1.54) is 21.2 Å². The van der Waals surface area contributed by atoms with Crippen LogP contribution >= 0.6 is 11.3 Å². The maximum Gasteiger partial charge on any atom is 0.123 e. The summed E-state index contributed by atoms with van der Waals surface area (Å²) >= 11 is 1.77. The zero-order valence-electron chi connectivity index (χ0n) is 11.8. The second kappa shape index (κ2) is 5.73. The fraction of sp³-hybridized carbons (Fsp3) is 0.235. The predicted molar refractivity (Wildman–Crippen MR) is 87.1 cm³/mol. The van der Waals surface area contributed by atoms with Crippen LogP contribution in [0.4, 0.5) is 0 Å². The van der Waals surface area contributed by atoms with Crippen molar-refractivity contribution in [3.8, 4) is 10.6 Å². The molecule has 0 spiro atoms. The van der Waals surface area contributed by atoms with Gasteiger partial charge in [0, 0.05) is 22.7 Å². The van der Waals surface area contributed by atoms with Crippen molar-refractivity contribution in [3.63, 3.8) is 0 Å². The number of hydrogen-bond acceptors (Lipinski definition) is 3. The van der Waals surface area contributed by atoms with Crippen LogP contribution in [0.3, 0.4) is 0 Å². The van der Waals surface area contributed by atoms with Gasteiger partial charge in [-0.05, 0) is 30.3 Å². The van der Waals surface area contributed by atoms with Crippen molar-refractivity contribution < 1.29 is 0 Å². The van der Waals surface area contributed by atoms with Crippen LogP contribution in [0.5, 0.6) is 0 Å². The minimum atomic E-state index is 0.367. The van der Waals surface area contributed by atoms with Gasteiger partial charge < -0.3 is 5.32 Å². The second-order valence-electron chi connectivity index (χ2n) is 4.91. The number of fused-ring (bicyclic) bond motifs is 1. The Kier molecular flexibility index (Phi) is 3.81. The Bertz CT molecular complexity index is 718. The Morgan fingerprint density at radius 3 is 2.75 bits per heavy atom. The van der Waals surface area contributed by atoms with E-state index in [4.69, 9.17) is 0 Å². The van der Waals surface area contributed by atoms with Crippen LogP contribution in [-0.2, 0) is 0 Å². The summed E-state index contributed by atoms with van der Waals surface area (Å²) in [5.41, 5.74) is 1.20. The Morgan fingerprint density at radius 1 is 1.15 bits per heavy atom. The molecule has 1 atom stereocenters. The van der Waals surface area contributed by atoms with Crippen molar-refractivity contribution in [2.45, 2.75) is 19.9 Å². The van der Waals surface area contributed by atoms with Crippen molar-refractivity contribution in [1.82, 2.24) is 10.3 Å². The SMILES string of the molecule is CCNC(C)c1cnc(-c2ccc3ccccc3c2)s1. The van der Waals surface area contributed by atoms with Crippen LogP contribution in [0.25, 0.3) is 21.3 Å². The molecule has 1 heterocycles. The first-order chi connectivity index (χ1) is 9.78. The van der Waals surface area contributed by atoms with Crippen LogP contribution in [0.2, 0.25) is 0 Å². The van der Waals surface area contributed by atoms with Crippen LogP contribution in [0.1, 0.15) is 24.8 Å². The first kappa shape index (κ1) is 13.3. The molecule has 0 saturated heterocycles. The molecule has 1 unspecified atom stereocenters. The van der Waals surface area contributed by atoms with E-state index in [-0.39, 0.29) is 0 Å². The Morgan fingerprint density at radius 2 is 1.95 bits per heavy atom. The molecule has 1 aromatic heterocycles. The first-order valence-corrected chi connectivity index (χ1v) is 7.78. The molecular weight excluding hydrogens is 264 g/mol. The molecule has 1 N–H and O–H groups in total. The summed E-state index contributed by atoms with van der Waals surface area (Å²) in [5, 5.41) is 7.06. The number of nitrogens with one attached hydrogen (secondary N) is 1. The van der Waals surface area contributed by atoms with Crippen molar-refractivity contribution >= 4 is 22.1 Å². The average molecular weight is 282 g/mol. The van der Waals surface area contributed by atoms with Crippen molar-refractivity contribution in [2.75, 3.05) is 6.54 Å². The summed E-state index contributed by atoms with van der Waals surface area (Å²) in [7, 11) is 0. The van der Waals surface area contributed by atoms with Crippen LogP contribution in [-0.4, -0.2) is 11.5 Å². The third kappa shape index (κ3) is 2.60. The maximum atomic E-state index is 4.58. The van der Waals surface area contributed by atoms with E-state index in [1.807, 2.05) is 6.20 Å². The number of hydrogen-bond donors (Lipinski definition) is 1. The highest BCUT2D eigenvalue weighted by molar-refractivity contribution is 7.15. The lowest BCUT2D eigenvalue weighted by atomic mass is 10.1. The summed E-state index contributed by atoms with van der Waals surface area (Å²) in [6.45, 7) is 5.29. The topological polar surface area (TPSA) is 24.9 Å². The first-order valence-electron chi connectivity index (χ1n) is 6.96. The molecule has 3 aromatic rings.